The number of nitrogens with one attached hydrogen (secondary N) is 1. The summed E-state index contributed by atoms with van der Waals surface area (Å²) in [6, 6.07) is 11.1. The number of aliphatic hydroxyl groups excluding tert-OH is 2. The highest BCUT2D eigenvalue weighted by Gasteiger charge is 2.51. The number of carbonyl (C=O) groups excluding carboxylic acids is 1. The highest BCUT2D eigenvalue weighted by Crippen LogP contribution is 2.36. The molecule has 2 aromatic carbocycles. The Morgan fingerprint density at radius 3 is 2.53 bits per heavy atom. The van der Waals surface area contributed by atoms with Crippen LogP contribution in [-0.4, -0.2) is 46.6 Å². The van der Waals surface area contributed by atoms with E-state index in [1.165, 1.54) is 6.07 Å². The maximum absolute atomic E-state index is 13.6. The van der Waals surface area contributed by atoms with E-state index in [9.17, 15) is 23.8 Å². The van der Waals surface area contributed by atoms with Crippen LogP contribution in [0, 0.1) is 24.5 Å². The number of amides is 1. The van der Waals surface area contributed by atoms with Crippen molar-refractivity contribution in [2.24, 2.45) is 5.92 Å². The number of benzene rings is 2. The Labute approximate surface area is 197 Å². The second-order valence-corrected chi connectivity index (χ2v) is 9.49. The highest BCUT2D eigenvalue weighted by atomic mass is 19.2. The summed E-state index contributed by atoms with van der Waals surface area (Å²) in [5, 5.41) is 24.2. The van der Waals surface area contributed by atoms with Crippen molar-refractivity contribution in [3.05, 3.63) is 70.8 Å². The summed E-state index contributed by atoms with van der Waals surface area (Å²) in [5.74, 6) is -1.86. The van der Waals surface area contributed by atoms with E-state index >= 15 is 0 Å². The molecule has 0 aromatic heterocycles. The van der Waals surface area contributed by atoms with Gasteiger partial charge in [0.25, 0.3) is 5.91 Å². The number of rotatable bonds is 9. The van der Waals surface area contributed by atoms with Gasteiger partial charge < -0.3 is 25.0 Å². The van der Waals surface area contributed by atoms with Gasteiger partial charge in [-0.05, 0) is 48.9 Å². The van der Waals surface area contributed by atoms with Crippen LogP contribution < -0.4 is 5.32 Å². The number of carbonyl (C=O) groups is 1. The lowest BCUT2D eigenvalue weighted by Crippen LogP contribution is -2.60. The van der Waals surface area contributed by atoms with Crippen LogP contribution >= 0.6 is 0 Å². The quantitative estimate of drug-likeness (QED) is 0.519. The lowest BCUT2D eigenvalue weighted by Gasteiger charge is -2.44. The fourth-order valence-corrected chi connectivity index (χ4v) is 4.34. The molecule has 0 radical (unpaired) electrons. The highest BCUT2D eigenvalue weighted by molar-refractivity contribution is 5.85. The van der Waals surface area contributed by atoms with E-state index in [1.807, 2.05) is 31.2 Å². The number of hydrogen-bond acceptors (Lipinski definition) is 5. The summed E-state index contributed by atoms with van der Waals surface area (Å²) >= 11 is 0. The van der Waals surface area contributed by atoms with Gasteiger partial charge in [-0.3, -0.25) is 4.79 Å². The van der Waals surface area contributed by atoms with Crippen LogP contribution in [0.15, 0.2) is 42.5 Å². The van der Waals surface area contributed by atoms with Gasteiger partial charge in [0.15, 0.2) is 17.2 Å². The van der Waals surface area contributed by atoms with Crippen molar-refractivity contribution in [1.29, 1.82) is 0 Å². The Morgan fingerprint density at radius 2 is 1.82 bits per heavy atom. The van der Waals surface area contributed by atoms with Crippen molar-refractivity contribution in [1.82, 2.24) is 5.32 Å². The zero-order valence-electron chi connectivity index (χ0n) is 19.2. The SMILES string of the molecule is Cc1cccc(CO[C@]2(C(=O)NCC3CC3)CC(OCc3ccc(F)c(F)c3)[C@H](O)[C@H](O)C2)c1. The molecule has 184 valence electrons. The molecule has 8 heteroatoms. The van der Waals surface area contributed by atoms with Gasteiger partial charge in [0.05, 0.1) is 25.4 Å². The van der Waals surface area contributed by atoms with Gasteiger partial charge in [0.2, 0.25) is 0 Å². The first-order valence-electron chi connectivity index (χ1n) is 11.7. The Kier molecular flexibility index (Phi) is 7.62. The summed E-state index contributed by atoms with van der Waals surface area (Å²) in [5.41, 5.74) is 0.903. The normalized spacial score (nSPS) is 26.9. The van der Waals surface area contributed by atoms with E-state index in [0.717, 1.165) is 36.1 Å². The van der Waals surface area contributed by atoms with E-state index in [1.54, 1.807) is 0 Å². The molecule has 6 nitrogen and oxygen atoms in total. The molecular formula is C26H31F2NO5. The summed E-state index contributed by atoms with van der Waals surface area (Å²) in [4.78, 5) is 13.3. The lowest BCUT2D eigenvalue weighted by atomic mass is 9.78. The number of ether oxygens (including phenoxy) is 2. The predicted octanol–water partition coefficient (Wildman–Crippen LogP) is 3.16. The number of halogens is 2. The van der Waals surface area contributed by atoms with Crippen LogP contribution in [0.25, 0.3) is 0 Å². The molecule has 3 N–H and O–H groups in total. The summed E-state index contributed by atoms with van der Waals surface area (Å²) < 4.78 is 38.8. The monoisotopic (exact) mass is 475 g/mol. The van der Waals surface area contributed by atoms with E-state index in [4.69, 9.17) is 9.47 Å². The van der Waals surface area contributed by atoms with Crippen molar-refractivity contribution in [3.8, 4) is 0 Å². The Bertz CT molecular complexity index is 1010. The van der Waals surface area contributed by atoms with Gasteiger partial charge in [-0.2, -0.15) is 0 Å². The molecule has 2 aromatic rings. The van der Waals surface area contributed by atoms with Gasteiger partial charge in [-0.25, -0.2) is 8.78 Å². The van der Waals surface area contributed by atoms with Crippen LogP contribution in [0.2, 0.25) is 0 Å². The fourth-order valence-electron chi connectivity index (χ4n) is 4.34. The van der Waals surface area contributed by atoms with E-state index in [0.29, 0.717) is 18.0 Å². The van der Waals surface area contributed by atoms with Crippen molar-refractivity contribution in [2.45, 2.75) is 69.7 Å². The molecule has 2 aliphatic rings. The van der Waals surface area contributed by atoms with Crippen molar-refractivity contribution in [2.75, 3.05) is 6.54 Å². The van der Waals surface area contributed by atoms with Gasteiger partial charge >= 0.3 is 0 Å². The molecule has 4 atom stereocenters. The van der Waals surface area contributed by atoms with Crippen molar-refractivity contribution >= 4 is 5.91 Å². The fraction of sp³-hybridized carbons (Fsp3) is 0.500. The zero-order valence-corrected chi connectivity index (χ0v) is 19.2. The maximum Gasteiger partial charge on any atom is 0.252 e. The first-order valence-corrected chi connectivity index (χ1v) is 11.7. The Balaban J connectivity index is 1.51. The summed E-state index contributed by atoms with van der Waals surface area (Å²) in [7, 11) is 0. The molecule has 2 fully saturated rings. The standard InChI is InChI=1S/C26H31F2NO5/c1-16-3-2-4-18(9-16)15-34-26(25(32)29-13-17-5-6-17)11-22(30)24(31)23(12-26)33-14-19-7-8-20(27)21(28)10-19/h2-4,7-10,17,22-24,30-31H,5-6,11-15H2,1H3,(H,29,32)/t22-,23?,24-,26+/m1/s1. The smallest absolute Gasteiger partial charge is 0.252 e. The average Bonchev–Trinajstić information content (AvgIpc) is 3.64. The van der Waals surface area contributed by atoms with Crippen LogP contribution in [0.5, 0.6) is 0 Å². The average molecular weight is 476 g/mol. The predicted molar refractivity (Wildman–Crippen MR) is 121 cm³/mol. The molecule has 4 rings (SSSR count). The summed E-state index contributed by atoms with van der Waals surface area (Å²) in [6.07, 6.45) is -1.39. The molecule has 1 amide bonds. The van der Waals surface area contributed by atoms with Crippen molar-refractivity contribution in [3.63, 3.8) is 0 Å². The van der Waals surface area contributed by atoms with E-state index < -0.39 is 35.5 Å². The van der Waals surface area contributed by atoms with E-state index in [-0.39, 0.29) is 32.0 Å². The third-order valence-corrected chi connectivity index (χ3v) is 6.55. The lowest BCUT2D eigenvalue weighted by molar-refractivity contribution is -0.200. The first-order chi connectivity index (χ1) is 16.3. The molecule has 0 heterocycles. The third kappa shape index (κ3) is 5.99. The Morgan fingerprint density at radius 1 is 1.06 bits per heavy atom. The van der Waals surface area contributed by atoms with Crippen LogP contribution in [0.3, 0.4) is 0 Å². The second-order valence-electron chi connectivity index (χ2n) is 9.49. The van der Waals surface area contributed by atoms with Crippen LogP contribution in [0.4, 0.5) is 8.78 Å². The minimum absolute atomic E-state index is 0.0111. The molecule has 0 bridgehead atoms. The van der Waals surface area contributed by atoms with Gasteiger partial charge in [0.1, 0.15) is 6.10 Å². The van der Waals surface area contributed by atoms with Crippen LogP contribution in [-0.2, 0) is 27.5 Å². The second kappa shape index (κ2) is 10.5. The minimum atomic E-state index is -1.41. The van der Waals surface area contributed by atoms with Gasteiger partial charge in [-0.15, -0.1) is 0 Å². The molecule has 2 aliphatic carbocycles. The molecule has 0 spiro atoms. The molecule has 34 heavy (non-hydrogen) atoms. The molecule has 1 unspecified atom stereocenters. The molecule has 0 saturated heterocycles. The minimum Gasteiger partial charge on any atom is -0.390 e. The third-order valence-electron chi connectivity index (χ3n) is 6.55. The van der Waals surface area contributed by atoms with Gasteiger partial charge in [0, 0.05) is 19.4 Å². The number of aryl methyl sites for hydroxylation is 1. The largest absolute Gasteiger partial charge is 0.390 e. The molecule has 2 saturated carbocycles. The number of hydrogen-bond donors (Lipinski definition) is 3. The van der Waals surface area contributed by atoms with Crippen molar-refractivity contribution < 1.29 is 33.3 Å². The molecule has 0 aliphatic heterocycles. The number of aliphatic hydroxyl groups is 2. The topological polar surface area (TPSA) is 88.0 Å². The molecular weight excluding hydrogens is 444 g/mol. The Hall–Kier alpha value is -2.39. The maximum atomic E-state index is 13.6. The zero-order chi connectivity index (χ0) is 24.3. The first kappa shape index (κ1) is 24.7. The van der Waals surface area contributed by atoms with E-state index in [2.05, 4.69) is 5.32 Å². The van der Waals surface area contributed by atoms with Crippen LogP contribution in [0.1, 0.15) is 42.4 Å². The summed E-state index contributed by atoms with van der Waals surface area (Å²) in [6.45, 7) is 2.53. The van der Waals surface area contributed by atoms with Gasteiger partial charge in [-0.1, -0.05) is 35.9 Å².